The van der Waals surface area contributed by atoms with E-state index in [2.05, 4.69) is 44.7 Å². The van der Waals surface area contributed by atoms with Crippen LogP contribution in [0, 0.1) is 5.92 Å². The molecule has 0 bridgehead atoms. The quantitative estimate of drug-likeness (QED) is 0.565. The molecular formula is C15H30N2. The van der Waals surface area contributed by atoms with Gasteiger partial charge in [-0.3, -0.25) is 0 Å². The summed E-state index contributed by atoms with van der Waals surface area (Å²) in [7, 11) is 4.47. The first-order valence-corrected chi connectivity index (χ1v) is 6.99. The first-order valence-electron chi connectivity index (χ1n) is 6.99. The molecule has 1 saturated carbocycles. The van der Waals surface area contributed by atoms with Crippen LogP contribution in [-0.2, 0) is 0 Å². The molecule has 100 valence electrons. The summed E-state index contributed by atoms with van der Waals surface area (Å²) in [5, 5.41) is 3.63. The summed E-state index contributed by atoms with van der Waals surface area (Å²) in [5.41, 5.74) is 1.65. The zero-order chi connectivity index (χ0) is 12.9. The average molecular weight is 238 g/mol. The Morgan fingerprint density at radius 1 is 1.47 bits per heavy atom. The van der Waals surface area contributed by atoms with Gasteiger partial charge in [-0.15, -0.1) is 6.58 Å². The Hall–Kier alpha value is -0.340. The number of nitrogens with zero attached hydrogens (tertiary/aromatic N) is 1. The highest BCUT2D eigenvalue weighted by Gasteiger charge is 2.36. The standard InChI is InChI=1S/C15H30N2/c1-13(2)8-10-16-12-15(17(4)5)9-6-7-14(3)11-15/h14,16H,1,6-12H2,2-5H3. The van der Waals surface area contributed by atoms with Gasteiger partial charge in [0.2, 0.25) is 0 Å². The van der Waals surface area contributed by atoms with Gasteiger partial charge in [0.25, 0.3) is 0 Å². The second kappa shape index (κ2) is 6.55. The Morgan fingerprint density at radius 2 is 2.18 bits per heavy atom. The first kappa shape index (κ1) is 14.7. The van der Waals surface area contributed by atoms with E-state index in [0.29, 0.717) is 5.54 Å². The number of hydrogen-bond acceptors (Lipinski definition) is 2. The highest BCUT2D eigenvalue weighted by Crippen LogP contribution is 2.35. The predicted octanol–water partition coefficient (Wildman–Crippen LogP) is 3.05. The number of nitrogens with one attached hydrogen (secondary N) is 1. The summed E-state index contributed by atoms with van der Waals surface area (Å²) in [6, 6.07) is 0. The molecule has 0 radical (unpaired) electrons. The van der Waals surface area contributed by atoms with Crippen LogP contribution in [0.3, 0.4) is 0 Å². The largest absolute Gasteiger partial charge is 0.315 e. The van der Waals surface area contributed by atoms with E-state index in [9.17, 15) is 0 Å². The molecule has 2 heteroatoms. The van der Waals surface area contributed by atoms with Crippen molar-refractivity contribution in [3.63, 3.8) is 0 Å². The fraction of sp³-hybridized carbons (Fsp3) is 0.867. The van der Waals surface area contributed by atoms with Gasteiger partial charge < -0.3 is 10.2 Å². The summed E-state index contributed by atoms with van der Waals surface area (Å²) >= 11 is 0. The lowest BCUT2D eigenvalue weighted by Gasteiger charge is -2.45. The summed E-state index contributed by atoms with van der Waals surface area (Å²) < 4.78 is 0. The predicted molar refractivity (Wildman–Crippen MR) is 76.4 cm³/mol. The Labute approximate surface area is 107 Å². The molecule has 0 aliphatic heterocycles. The van der Waals surface area contributed by atoms with E-state index >= 15 is 0 Å². The molecule has 1 aliphatic rings. The van der Waals surface area contributed by atoms with E-state index < -0.39 is 0 Å². The highest BCUT2D eigenvalue weighted by molar-refractivity contribution is 4.95. The van der Waals surface area contributed by atoms with Crippen molar-refractivity contribution < 1.29 is 0 Å². The van der Waals surface area contributed by atoms with Crippen molar-refractivity contribution in [1.29, 1.82) is 0 Å². The van der Waals surface area contributed by atoms with Crippen LogP contribution in [0.25, 0.3) is 0 Å². The maximum atomic E-state index is 3.95. The van der Waals surface area contributed by atoms with Crippen LogP contribution in [0.5, 0.6) is 0 Å². The normalized spacial score (nSPS) is 29.6. The summed E-state index contributed by atoms with van der Waals surface area (Å²) in [6.45, 7) is 10.6. The number of hydrogen-bond donors (Lipinski definition) is 1. The van der Waals surface area contributed by atoms with Gasteiger partial charge >= 0.3 is 0 Å². The molecule has 0 aromatic carbocycles. The second-order valence-corrected chi connectivity index (χ2v) is 6.20. The van der Waals surface area contributed by atoms with E-state index in [1.165, 1.54) is 31.3 Å². The Morgan fingerprint density at radius 3 is 2.71 bits per heavy atom. The summed E-state index contributed by atoms with van der Waals surface area (Å²) in [5.74, 6) is 0.870. The van der Waals surface area contributed by atoms with Crippen molar-refractivity contribution in [3.8, 4) is 0 Å². The van der Waals surface area contributed by atoms with E-state index in [4.69, 9.17) is 0 Å². The monoisotopic (exact) mass is 238 g/mol. The third kappa shape index (κ3) is 4.44. The van der Waals surface area contributed by atoms with Crippen molar-refractivity contribution in [2.75, 3.05) is 27.2 Å². The molecule has 1 N–H and O–H groups in total. The molecule has 0 aromatic rings. The van der Waals surface area contributed by atoms with Gasteiger partial charge in [-0.25, -0.2) is 0 Å². The van der Waals surface area contributed by atoms with Crippen LogP contribution in [0.1, 0.15) is 46.0 Å². The van der Waals surface area contributed by atoms with E-state index in [-0.39, 0.29) is 0 Å². The molecular weight excluding hydrogens is 208 g/mol. The molecule has 1 aliphatic carbocycles. The topological polar surface area (TPSA) is 15.3 Å². The molecule has 0 spiro atoms. The molecule has 1 fully saturated rings. The first-order chi connectivity index (χ1) is 7.96. The van der Waals surface area contributed by atoms with Gasteiger partial charge in [0.15, 0.2) is 0 Å². The van der Waals surface area contributed by atoms with Crippen LogP contribution in [0.2, 0.25) is 0 Å². The van der Waals surface area contributed by atoms with Gasteiger partial charge in [-0.05, 0) is 52.7 Å². The van der Waals surface area contributed by atoms with Crippen molar-refractivity contribution in [2.45, 2.75) is 51.5 Å². The highest BCUT2D eigenvalue weighted by atomic mass is 15.2. The molecule has 17 heavy (non-hydrogen) atoms. The van der Waals surface area contributed by atoms with Crippen LogP contribution in [0.15, 0.2) is 12.2 Å². The van der Waals surface area contributed by atoms with Gasteiger partial charge in [0, 0.05) is 12.1 Å². The molecule has 0 heterocycles. The zero-order valence-electron chi connectivity index (χ0n) is 12.2. The van der Waals surface area contributed by atoms with Crippen LogP contribution in [0.4, 0.5) is 0 Å². The third-order valence-electron chi connectivity index (χ3n) is 4.20. The molecule has 2 nitrogen and oxygen atoms in total. The lowest BCUT2D eigenvalue weighted by molar-refractivity contribution is 0.0755. The maximum Gasteiger partial charge on any atom is 0.0330 e. The molecule has 0 aromatic heterocycles. The minimum absolute atomic E-state index is 0.382. The lowest BCUT2D eigenvalue weighted by Crippen LogP contribution is -2.54. The van der Waals surface area contributed by atoms with Gasteiger partial charge in [-0.2, -0.15) is 0 Å². The minimum Gasteiger partial charge on any atom is -0.315 e. The minimum atomic E-state index is 0.382. The van der Waals surface area contributed by atoms with Gasteiger partial charge in [0.1, 0.15) is 0 Å². The Kier molecular flexibility index (Phi) is 5.68. The van der Waals surface area contributed by atoms with Gasteiger partial charge in [0.05, 0.1) is 0 Å². The summed E-state index contributed by atoms with van der Waals surface area (Å²) in [4.78, 5) is 2.44. The van der Waals surface area contributed by atoms with E-state index in [1.54, 1.807) is 0 Å². The maximum absolute atomic E-state index is 3.95. The van der Waals surface area contributed by atoms with Gasteiger partial charge in [-0.1, -0.05) is 25.3 Å². The second-order valence-electron chi connectivity index (χ2n) is 6.20. The zero-order valence-corrected chi connectivity index (χ0v) is 12.2. The van der Waals surface area contributed by atoms with E-state index in [1.807, 2.05) is 0 Å². The van der Waals surface area contributed by atoms with Crippen molar-refractivity contribution in [2.24, 2.45) is 5.92 Å². The van der Waals surface area contributed by atoms with Crippen LogP contribution >= 0.6 is 0 Å². The van der Waals surface area contributed by atoms with Crippen molar-refractivity contribution in [1.82, 2.24) is 10.2 Å². The SMILES string of the molecule is C=C(C)CCNCC1(N(C)C)CCCC(C)C1. The fourth-order valence-electron chi connectivity index (χ4n) is 2.98. The lowest BCUT2D eigenvalue weighted by atomic mass is 9.75. The molecule has 2 unspecified atom stereocenters. The van der Waals surface area contributed by atoms with Crippen LogP contribution < -0.4 is 5.32 Å². The summed E-state index contributed by atoms with van der Waals surface area (Å²) in [6.07, 6.45) is 6.55. The Bertz CT molecular complexity index is 247. The number of likely N-dealkylation sites (N-methyl/N-ethyl adjacent to an activating group) is 1. The third-order valence-corrected chi connectivity index (χ3v) is 4.20. The molecule has 0 saturated heterocycles. The fourth-order valence-corrected chi connectivity index (χ4v) is 2.98. The molecule has 1 rings (SSSR count). The van der Waals surface area contributed by atoms with E-state index in [0.717, 1.165) is 25.4 Å². The molecule has 2 atom stereocenters. The van der Waals surface area contributed by atoms with Crippen LogP contribution in [-0.4, -0.2) is 37.6 Å². The van der Waals surface area contributed by atoms with Crippen molar-refractivity contribution >= 4 is 0 Å². The smallest absolute Gasteiger partial charge is 0.0330 e. The molecule has 0 amide bonds. The van der Waals surface area contributed by atoms with Crippen molar-refractivity contribution in [3.05, 3.63) is 12.2 Å². The average Bonchev–Trinajstić information content (AvgIpc) is 2.24. The number of rotatable bonds is 6. The Balaban J connectivity index is 2.45.